The number of carbonyl (C=O) groups is 1. The number of hydrogen-bond acceptors (Lipinski definition) is 2. The van der Waals surface area contributed by atoms with E-state index in [4.69, 9.17) is 16.3 Å². The van der Waals surface area contributed by atoms with E-state index in [9.17, 15) is 4.79 Å². The van der Waals surface area contributed by atoms with Gasteiger partial charge < -0.3 is 9.64 Å². The van der Waals surface area contributed by atoms with Gasteiger partial charge in [0.05, 0.1) is 18.5 Å². The zero-order valence-corrected chi connectivity index (χ0v) is 13.9. The number of hydrogen-bond donors (Lipinski definition) is 0. The van der Waals surface area contributed by atoms with Gasteiger partial charge in [-0.2, -0.15) is 0 Å². The maximum absolute atomic E-state index is 11.1. The molecule has 3 nitrogen and oxygen atoms in total. The summed E-state index contributed by atoms with van der Waals surface area (Å²) in [7, 11) is 1.65. The van der Waals surface area contributed by atoms with Gasteiger partial charge in [-0.15, -0.1) is 11.6 Å². The van der Waals surface area contributed by atoms with Crippen LogP contribution in [0.4, 0.5) is 0 Å². The number of ether oxygens (including phenoxy) is 1. The molecular weight excluding hydrogens is 310 g/mol. The van der Waals surface area contributed by atoms with E-state index < -0.39 is 0 Å². The smallest absolute Gasteiger partial charge is 0.210 e. The summed E-state index contributed by atoms with van der Waals surface area (Å²) in [5.74, 6) is 0.803. The van der Waals surface area contributed by atoms with Crippen molar-refractivity contribution in [3.63, 3.8) is 0 Å². The van der Waals surface area contributed by atoms with Crippen LogP contribution >= 0.6 is 11.6 Å². The standard InChI is InChI=1S/C19H20ClNO2/c1-23-17-5-2-4-16(12-17)19(20)15-9-7-14(8-10-15)18-6-3-11-21(18)13-22/h2,4-5,7-10,12-13,18-19H,3,6,11H2,1H3. The molecule has 0 spiro atoms. The summed E-state index contributed by atoms with van der Waals surface area (Å²) in [6.45, 7) is 0.845. The molecule has 1 saturated heterocycles. The van der Waals surface area contributed by atoms with Crippen molar-refractivity contribution in [3.05, 3.63) is 65.2 Å². The van der Waals surface area contributed by atoms with E-state index in [0.717, 1.165) is 42.7 Å². The zero-order valence-electron chi connectivity index (χ0n) is 13.1. The molecule has 2 aromatic carbocycles. The Bertz CT molecular complexity index is 671. The van der Waals surface area contributed by atoms with Crippen molar-refractivity contribution in [3.8, 4) is 5.75 Å². The van der Waals surface area contributed by atoms with Crippen molar-refractivity contribution in [2.45, 2.75) is 24.3 Å². The van der Waals surface area contributed by atoms with E-state index in [-0.39, 0.29) is 11.4 Å². The Morgan fingerprint density at radius 1 is 1.22 bits per heavy atom. The summed E-state index contributed by atoms with van der Waals surface area (Å²) in [5.41, 5.74) is 3.22. The van der Waals surface area contributed by atoms with Gasteiger partial charge in [-0.05, 0) is 41.7 Å². The second-order valence-corrected chi connectivity index (χ2v) is 6.24. The van der Waals surface area contributed by atoms with Gasteiger partial charge in [0.15, 0.2) is 0 Å². The minimum absolute atomic E-state index is 0.201. The van der Waals surface area contributed by atoms with Crippen LogP contribution in [0.2, 0.25) is 0 Å². The molecule has 0 bridgehead atoms. The Hall–Kier alpha value is -2.00. The SMILES string of the molecule is COc1cccc(C(Cl)c2ccc(C3CCCN3C=O)cc2)c1. The molecule has 0 aromatic heterocycles. The molecule has 1 amide bonds. The molecule has 4 heteroatoms. The third-order valence-corrected chi connectivity index (χ3v) is 4.93. The Morgan fingerprint density at radius 3 is 2.70 bits per heavy atom. The highest BCUT2D eigenvalue weighted by Crippen LogP contribution is 2.34. The van der Waals surface area contributed by atoms with E-state index in [1.807, 2.05) is 41.3 Å². The number of methoxy groups -OCH3 is 1. The van der Waals surface area contributed by atoms with Crippen molar-refractivity contribution < 1.29 is 9.53 Å². The first-order chi connectivity index (χ1) is 11.2. The van der Waals surface area contributed by atoms with E-state index in [1.165, 1.54) is 5.56 Å². The number of halogens is 1. The van der Waals surface area contributed by atoms with Gasteiger partial charge in [0.2, 0.25) is 6.41 Å². The van der Waals surface area contributed by atoms with Gasteiger partial charge in [0, 0.05) is 6.54 Å². The number of rotatable bonds is 5. The number of likely N-dealkylation sites (tertiary alicyclic amines) is 1. The van der Waals surface area contributed by atoms with Crippen LogP contribution in [-0.4, -0.2) is 25.0 Å². The Balaban J connectivity index is 1.79. The lowest BCUT2D eigenvalue weighted by Crippen LogP contribution is -2.21. The monoisotopic (exact) mass is 329 g/mol. The minimum Gasteiger partial charge on any atom is -0.497 e. The van der Waals surface area contributed by atoms with Crippen LogP contribution < -0.4 is 4.74 Å². The molecule has 0 radical (unpaired) electrons. The van der Waals surface area contributed by atoms with E-state index in [1.54, 1.807) is 7.11 Å². The second kappa shape index (κ2) is 7.05. The molecule has 1 aliphatic heterocycles. The maximum atomic E-state index is 11.1. The highest BCUT2D eigenvalue weighted by molar-refractivity contribution is 6.22. The summed E-state index contributed by atoms with van der Waals surface area (Å²) in [6, 6.07) is 16.3. The second-order valence-electron chi connectivity index (χ2n) is 5.81. The fraction of sp³-hybridized carbons (Fsp3) is 0.316. The first-order valence-corrected chi connectivity index (χ1v) is 8.25. The van der Waals surface area contributed by atoms with Gasteiger partial charge in [-0.1, -0.05) is 36.4 Å². The number of alkyl halides is 1. The summed E-state index contributed by atoms with van der Waals surface area (Å²) in [6.07, 6.45) is 3.04. The van der Waals surface area contributed by atoms with Gasteiger partial charge in [0.25, 0.3) is 0 Å². The van der Waals surface area contributed by atoms with Crippen LogP contribution in [0.25, 0.3) is 0 Å². The van der Waals surface area contributed by atoms with Crippen LogP contribution in [0, 0.1) is 0 Å². The molecule has 2 unspecified atom stereocenters. The number of nitrogens with zero attached hydrogens (tertiary/aromatic N) is 1. The summed E-state index contributed by atoms with van der Waals surface area (Å²) in [4.78, 5) is 13.0. The average Bonchev–Trinajstić information content (AvgIpc) is 3.10. The molecule has 0 N–H and O–H groups in total. The summed E-state index contributed by atoms with van der Waals surface area (Å²) >= 11 is 6.61. The van der Waals surface area contributed by atoms with Crippen molar-refractivity contribution in [2.75, 3.05) is 13.7 Å². The maximum Gasteiger partial charge on any atom is 0.210 e. The zero-order chi connectivity index (χ0) is 16.2. The molecule has 1 heterocycles. The number of benzene rings is 2. The lowest BCUT2D eigenvalue weighted by Gasteiger charge is -2.21. The fourth-order valence-electron chi connectivity index (χ4n) is 3.15. The largest absolute Gasteiger partial charge is 0.497 e. The molecule has 0 aliphatic carbocycles. The van der Waals surface area contributed by atoms with Crippen molar-refractivity contribution in [2.24, 2.45) is 0 Å². The molecule has 0 saturated carbocycles. The van der Waals surface area contributed by atoms with E-state index in [0.29, 0.717) is 0 Å². The normalized spacial score (nSPS) is 18.7. The predicted molar refractivity (Wildman–Crippen MR) is 91.9 cm³/mol. The quantitative estimate of drug-likeness (QED) is 0.604. The highest BCUT2D eigenvalue weighted by atomic mass is 35.5. The number of carbonyl (C=O) groups excluding carboxylic acids is 1. The molecule has 3 rings (SSSR count). The fourth-order valence-corrected chi connectivity index (χ4v) is 3.43. The molecule has 120 valence electrons. The van der Waals surface area contributed by atoms with Crippen LogP contribution in [-0.2, 0) is 4.79 Å². The third-order valence-electron chi connectivity index (χ3n) is 4.43. The predicted octanol–water partition coefficient (Wildman–Crippen LogP) is 4.32. The average molecular weight is 330 g/mol. The Kier molecular flexibility index (Phi) is 4.87. The molecule has 2 atom stereocenters. The van der Waals surface area contributed by atoms with Crippen LogP contribution in [0.15, 0.2) is 48.5 Å². The lowest BCUT2D eigenvalue weighted by molar-refractivity contribution is -0.118. The molecule has 2 aromatic rings. The highest BCUT2D eigenvalue weighted by Gasteiger charge is 2.24. The lowest BCUT2D eigenvalue weighted by atomic mass is 9.99. The number of amides is 1. The molecule has 1 fully saturated rings. The van der Waals surface area contributed by atoms with Gasteiger partial charge in [0.1, 0.15) is 5.75 Å². The Morgan fingerprint density at radius 2 is 2.00 bits per heavy atom. The van der Waals surface area contributed by atoms with Crippen molar-refractivity contribution in [1.29, 1.82) is 0 Å². The van der Waals surface area contributed by atoms with Gasteiger partial charge >= 0.3 is 0 Å². The first-order valence-electron chi connectivity index (χ1n) is 7.82. The van der Waals surface area contributed by atoms with Gasteiger partial charge in [-0.3, -0.25) is 4.79 Å². The first kappa shape index (κ1) is 15.9. The summed E-state index contributed by atoms with van der Waals surface area (Å²) < 4.78 is 5.25. The van der Waals surface area contributed by atoms with Crippen LogP contribution in [0.3, 0.4) is 0 Å². The molecule has 1 aliphatic rings. The van der Waals surface area contributed by atoms with E-state index >= 15 is 0 Å². The van der Waals surface area contributed by atoms with Crippen molar-refractivity contribution >= 4 is 18.0 Å². The third kappa shape index (κ3) is 3.35. The van der Waals surface area contributed by atoms with Crippen molar-refractivity contribution in [1.82, 2.24) is 4.90 Å². The van der Waals surface area contributed by atoms with E-state index in [2.05, 4.69) is 12.1 Å². The topological polar surface area (TPSA) is 29.5 Å². The van der Waals surface area contributed by atoms with Gasteiger partial charge in [-0.25, -0.2) is 0 Å². The summed E-state index contributed by atoms with van der Waals surface area (Å²) in [5, 5.41) is -0.218. The van der Waals surface area contributed by atoms with Crippen LogP contribution in [0.1, 0.15) is 41.0 Å². The van der Waals surface area contributed by atoms with Crippen LogP contribution in [0.5, 0.6) is 5.75 Å². The Labute approximate surface area is 141 Å². The molecular formula is C19H20ClNO2. The molecule has 23 heavy (non-hydrogen) atoms. The minimum atomic E-state index is -0.218.